The molecule has 0 saturated heterocycles. The van der Waals surface area contributed by atoms with Crippen molar-refractivity contribution >= 4 is 43.2 Å². The van der Waals surface area contributed by atoms with Gasteiger partial charge in [-0.1, -0.05) is 18.5 Å². The molecule has 11 nitrogen and oxygen atoms in total. The van der Waals surface area contributed by atoms with Crippen LogP contribution in [0, 0.1) is 11.7 Å². The van der Waals surface area contributed by atoms with Crippen molar-refractivity contribution in [2.45, 2.75) is 68.1 Å². The zero-order valence-corrected chi connectivity index (χ0v) is 30.3. The first-order chi connectivity index (χ1) is 23.1. The number of nitrogens with one attached hydrogen (secondary N) is 1. The molecule has 2 N–H and O–H groups in total. The molecule has 268 valence electrons. The van der Waals surface area contributed by atoms with Gasteiger partial charge in [-0.3, -0.25) is 9.52 Å². The summed E-state index contributed by atoms with van der Waals surface area (Å²) in [5.41, 5.74) is 0.143. The Kier molecular flexibility index (Phi) is 13.1. The van der Waals surface area contributed by atoms with Gasteiger partial charge in [-0.15, -0.1) is 0 Å². The van der Waals surface area contributed by atoms with E-state index < -0.39 is 49.8 Å². The molecule has 0 aliphatic carbocycles. The Balaban J connectivity index is 1.67. The number of sulfonamides is 2. The number of fused-ring (bicyclic) bond motifs is 1. The van der Waals surface area contributed by atoms with Crippen molar-refractivity contribution < 1.29 is 40.6 Å². The predicted octanol–water partition coefficient (Wildman–Crippen LogP) is 5.40. The summed E-state index contributed by atoms with van der Waals surface area (Å²) in [5, 5.41) is 10.6. The number of amides is 1. The van der Waals surface area contributed by atoms with Gasteiger partial charge in [0.15, 0.2) is 0 Å². The standard InChI is InChI=1S/C34H43ClFN3O8S2/c1-23-20-39(24(2)22-40)34(41)31-19-28(37-48(42,43)29-15-10-27(36)11-16-29)12-17-32(31)47-25(3)7-5-6-18-46-33(23)21-38(4)49(44,45)30-13-8-26(35)9-14-30/h8-17,19,23-25,33,37,40H,5-7,18,20-22H2,1-4H3/t23-,24+,25+,33+/m1/s1. The minimum atomic E-state index is -4.13. The van der Waals surface area contributed by atoms with Crippen LogP contribution in [-0.2, 0) is 24.8 Å². The average molecular weight is 740 g/mol. The molecule has 15 heteroatoms. The Labute approximate surface area is 293 Å². The molecule has 0 bridgehead atoms. The van der Waals surface area contributed by atoms with Gasteiger partial charge in [0.05, 0.1) is 40.2 Å². The number of nitrogens with zero attached hydrogens (tertiary/aromatic N) is 2. The van der Waals surface area contributed by atoms with Gasteiger partial charge in [-0.05, 0) is 99.8 Å². The minimum absolute atomic E-state index is 0.00687. The molecule has 0 unspecified atom stereocenters. The molecule has 0 fully saturated rings. The van der Waals surface area contributed by atoms with Gasteiger partial charge < -0.3 is 19.5 Å². The molecule has 1 aliphatic rings. The third-order valence-electron chi connectivity index (χ3n) is 8.39. The van der Waals surface area contributed by atoms with Crippen LogP contribution >= 0.6 is 11.6 Å². The van der Waals surface area contributed by atoms with Gasteiger partial charge in [-0.2, -0.15) is 4.31 Å². The second kappa shape index (κ2) is 16.6. The second-order valence-corrected chi connectivity index (χ2v) is 16.5. The lowest BCUT2D eigenvalue weighted by Crippen LogP contribution is -2.48. The van der Waals surface area contributed by atoms with Crippen molar-refractivity contribution in [2.75, 3.05) is 38.1 Å². The zero-order chi connectivity index (χ0) is 35.9. The molecule has 3 aromatic rings. The number of benzene rings is 3. The van der Waals surface area contributed by atoms with Crippen LogP contribution in [0.3, 0.4) is 0 Å². The summed E-state index contributed by atoms with van der Waals surface area (Å²) in [7, 11) is -6.55. The molecule has 1 heterocycles. The van der Waals surface area contributed by atoms with Gasteiger partial charge >= 0.3 is 0 Å². The molecule has 0 radical (unpaired) electrons. The first kappa shape index (κ1) is 38.5. The summed E-state index contributed by atoms with van der Waals surface area (Å²) in [5.74, 6) is -1.29. The molecular weight excluding hydrogens is 697 g/mol. The molecule has 4 atom stereocenters. The summed E-state index contributed by atoms with van der Waals surface area (Å²) in [4.78, 5) is 15.7. The number of aliphatic hydroxyl groups is 1. The third-order valence-corrected chi connectivity index (χ3v) is 11.9. The molecule has 1 aliphatic heterocycles. The quantitative estimate of drug-likeness (QED) is 0.297. The Morgan fingerprint density at radius 2 is 1.67 bits per heavy atom. The monoisotopic (exact) mass is 739 g/mol. The topological polar surface area (TPSA) is 143 Å². The normalized spacial score (nSPS) is 20.6. The summed E-state index contributed by atoms with van der Waals surface area (Å²) < 4.78 is 82.6. The molecule has 0 spiro atoms. The maximum absolute atomic E-state index is 14.3. The molecule has 1 amide bonds. The highest BCUT2D eigenvalue weighted by molar-refractivity contribution is 7.92. The Hall–Kier alpha value is -3.27. The van der Waals surface area contributed by atoms with E-state index in [-0.39, 0.29) is 52.6 Å². The van der Waals surface area contributed by atoms with E-state index in [1.807, 2.05) is 13.8 Å². The van der Waals surface area contributed by atoms with Gasteiger partial charge in [0.1, 0.15) is 11.6 Å². The molecule has 49 heavy (non-hydrogen) atoms. The fourth-order valence-electron chi connectivity index (χ4n) is 5.41. The SMILES string of the molecule is C[C@@H]1CN([C@@H](C)CO)C(=O)c2cc(NS(=O)(=O)c3ccc(F)cc3)ccc2O[C@@H](C)CCCCO[C@H]1CN(C)S(=O)(=O)c1ccc(Cl)cc1. The van der Waals surface area contributed by atoms with Crippen molar-refractivity contribution in [3.05, 3.63) is 83.1 Å². The zero-order valence-electron chi connectivity index (χ0n) is 27.9. The van der Waals surface area contributed by atoms with E-state index in [0.717, 1.165) is 30.7 Å². The van der Waals surface area contributed by atoms with Crippen LogP contribution in [0.1, 0.15) is 50.4 Å². The fraction of sp³-hybridized carbons (Fsp3) is 0.441. The second-order valence-electron chi connectivity index (χ2n) is 12.3. The first-order valence-electron chi connectivity index (χ1n) is 16.0. The molecule has 4 rings (SSSR count). The maximum atomic E-state index is 14.3. The van der Waals surface area contributed by atoms with E-state index in [9.17, 15) is 31.1 Å². The Morgan fingerprint density at radius 1 is 1.02 bits per heavy atom. The number of hydrogen-bond acceptors (Lipinski definition) is 8. The summed E-state index contributed by atoms with van der Waals surface area (Å²) in [6, 6.07) is 13.9. The van der Waals surface area contributed by atoms with Gasteiger partial charge in [-0.25, -0.2) is 21.2 Å². The number of halogens is 2. The predicted molar refractivity (Wildman–Crippen MR) is 185 cm³/mol. The van der Waals surface area contributed by atoms with Gasteiger partial charge in [0.25, 0.3) is 15.9 Å². The van der Waals surface area contributed by atoms with Crippen LogP contribution in [0.2, 0.25) is 5.02 Å². The van der Waals surface area contributed by atoms with Crippen LogP contribution in [0.5, 0.6) is 5.75 Å². The van der Waals surface area contributed by atoms with E-state index in [2.05, 4.69) is 4.72 Å². The first-order valence-corrected chi connectivity index (χ1v) is 19.3. The molecule has 0 aromatic heterocycles. The minimum Gasteiger partial charge on any atom is -0.490 e. The van der Waals surface area contributed by atoms with E-state index in [1.54, 1.807) is 6.92 Å². The van der Waals surface area contributed by atoms with E-state index in [0.29, 0.717) is 24.5 Å². The molecular formula is C34H43ClFN3O8S2. The number of ether oxygens (including phenoxy) is 2. The van der Waals surface area contributed by atoms with E-state index in [1.165, 1.54) is 58.7 Å². The van der Waals surface area contributed by atoms with Crippen molar-refractivity contribution in [1.29, 1.82) is 0 Å². The summed E-state index contributed by atoms with van der Waals surface area (Å²) in [6.45, 7) is 5.42. The number of aliphatic hydroxyl groups excluding tert-OH is 1. The van der Waals surface area contributed by atoms with Crippen LogP contribution < -0.4 is 9.46 Å². The van der Waals surface area contributed by atoms with Crippen LogP contribution in [-0.4, -0.2) is 88.7 Å². The lowest BCUT2D eigenvalue weighted by molar-refractivity contribution is -0.00833. The highest BCUT2D eigenvalue weighted by atomic mass is 35.5. The maximum Gasteiger partial charge on any atom is 0.261 e. The van der Waals surface area contributed by atoms with Crippen LogP contribution in [0.4, 0.5) is 10.1 Å². The number of likely N-dealkylation sites (N-methyl/N-ethyl adjacent to an activating group) is 1. The number of hydrogen-bond donors (Lipinski definition) is 2. The highest BCUT2D eigenvalue weighted by Gasteiger charge is 2.32. The number of anilines is 1. The Bertz CT molecular complexity index is 1790. The number of carbonyl (C=O) groups excluding carboxylic acids is 1. The lowest BCUT2D eigenvalue weighted by atomic mass is 10.0. The van der Waals surface area contributed by atoms with Crippen molar-refractivity contribution in [2.24, 2.45) is 5.92 Å². The summed E-state index contributed by atoms with van der Waals surface area (Å²) in [6.07, 6.45) is 1.09. The largest absolute Gasteiger partial charge is 0.490 e. The molecule has 3 aromatic carbocycles. The van der Waals surface area contributed by atoms with E-state index >= 15 is 0 Å². The Morgan fingerprint density at radius 3 is 2.33 bits per heavy atom. The third kappa shape index (κ3) is 9.92. The number of rotatable bonds is 9. The van der Waals surface area contributed by atoms with Crippen LogP contribution in [0.15, 0.2) is 76.5 Å². The van der Waals surface area contributed by atoms with Gasteiger partial charge in [0.2, 0.25) is 10.0 Å². The summed E-state index contributed by atoms with van der Waals surface area (Å²) >= 11 is 5.97. The van der Waals surface area contributed by atoms with E-state index in [4.69, 9.17) is 21.1 Å². The lowest BCUT2D eigenvalue weighted by Gasteiger charge is -2.35. The van der Waals surface area contributed by atoms with Crippen molar-refractivity contribution in [3.8, 4) is 5.75 Å². The average Bonchev–Trinajstić information content (AvgIpc) is 3.06. The van der Waals surface area contributed by atoms with Crippen molar-refractivity contribution in [3.63, 3.8) is 0 Å². The van der Waals surface area contributed by atoms with Gasteiger partial charge in [0, 0.05) is 43.4 Å². The molecule has 0 saturated carbocycles. The smallest absolute Gasteiger partial charge is 0.261 e. The highest BCUT2D eigenvalue weighted by Crippen LogP contribution is 2.30. The number of carbonyl (C=O) groups is 1. The van der Waals surface area contributed by atoms with Crippen LogP contribution in [0.25, 0.3) is 0 Å². The fourth-order valence-corrected chi connectivity index (χ4v) is 7.77. The van der Waals surface area contributed by atoms with Crippen molar-refractivity contribution in [1.82, 2.24) is 9.21 Å².